The fourth-order valence-electron chi connectivity index (χ4n) is 1.46. The van der Waals surface area contributed by atoms with Crippen LogP contribution in [0.15, 0.2) is 65.9 Å². The van der Waals surface area contributed by atoms with Crippen LogP contribution in [0.1, 0.15) is 151 Å². The van der Waals surface area contributed by atoms with E-state index in [4.69, 9.17) is 0 Å². The molecule has 0 fully saturated rings. The molecule has 0 amide bonds. The zero-order valence-corrected chi connectivity index (χ0v) is 32.9. The molecule has 0 aliphatic carbocycles. The van der Waals surface area contributed by atoms with Gasteiger partial charge in [-0.25, -0.2) is 0 Å². The van der Waals surface area contributed by atoms with Crippen LogP contribution in [-0.2, 0) is 12.5 Å². The van der Waals surface area contributed by atoms with Gasteiger partial charge in [0.05, 0.1) is 5.51 Å². The Morgan fingerprint density at radius 1 is 0.561 bits per heavy atom. The minimum absolute atomic E-state index is 0.293. The molecule has 3 rings (SSSR count). The first kappa shape index (κ1) is 55.0. The van der Waals surface area contributed by atoms with Gasteiger partial charge in [0.2, 0.25) is 0 Å². The Balaban J connectivity index is -0.0000000669. The average molecular weight is 596 g/mol. The Kier molecular flexibility index (Phi) is 54.0. The Labute approximate surface area is 265 Å². The lowest BCUT2D eigenvalue weighted by atomic mass is 9.87. The van der Waals surface area contributed by atoms with Gasteiger partial charge in [-0.3, -0.25) is 9.67 Å². The number of thiazole rings is 1. The van der Waals surface area contributed by atoms with E-state index in [1.807, 2.05) is 93.9 Å². The second-order valence-corrected chi connectivity index (χ2v) is 12.2. The molecule has 2 heterocycles. The van der Waals surface area contributed by atoms with E-state index in [0.717, 1.165) is 0 Å². The molecule has 1 aromatic carbocycles. The molecule has 2 aromatic heterocycles. The molecule has 246 valence electrons. The average Bonchev–Trinajstić information content (AvgIpc) is 3.66. The number of aromatic nitrogens is 3. The minimum atomic E-state index is 0.293. The van der Waals surface area contributed by atoms with Crippen molar-refractivity contribution in [2.24, 2.45) is 17.9 Å². The molecule has 41 heavy (non-hydrogen) atoms. The maximum atomic E-state index is 3.83. The summed E-state index contributed by atoms with van der Waals surface area (Å²) in [5.41, 5.74) is 4.48. The molecule has 0 saturated heterocycles. The first-order chi connectivity index (χ1) is 19.0. The summed E-state index contributed by atoms with van der Waals surface area (Å²) in [5.74, 6) is 0. The van der Waals surface area contributed by atoms with Gasteiger partial charge >= 0.3 is 0 Å². The van der Waals surface area contributed by atoms with E-state index in [1.54, 1.807) is 33.9 Å². The second kappa shape index (κ2) is 40.2. The van der Waals surface area contributed by atoms with Gasteiger partial charge in [-0.05, 0) is 27.9 Å². The zero-order valence-electron chi connectivity index (χ0n) is 32.1. The number of benzene rings is 1. The van der Waals surface area contributed by atoms with Gasteiger partial charge in [0.25, 0.3) is 0 Å². The third kappa shape index (κ3) is 85.5. The van der Waals surface area contributed by atoms with Gasteiger partial charge in [0.1, 0.15) is 0 Å². The molecule has 0 N–H and O–H groups in total. The summed E-state index contributed by atoms with van der Waals surface area (Å²) >= 11 is 1.60. The van der Waals surface area contributed by atoms with Crippen LogP contribution in [-0.4, -0.2) is 14.8 Å². The number of rotatable bonds is 0. The molecule has 3 aromatic rings. The highest BCUT2D eigenvalue weighted by Crippen LogP contribution is 2.20. The predicted molar refractivity (Wildman–Crippen MR) is 197 cm³/mol. The highest BCUT2D eigenvalue weighted by Gasteiger charge is 2.11. The molecule has 0 bridgehead atoms. The van der Waals surface area contributed by atoms with Crippen LogP contribution in [0.25, 0.3) is 0 Å². The molecule has 0 radical (unpaired) electrons. The second-order valence-electron chi connectivity index (χ2n) is 11.5. The largest absolute Gasteiger partial charge is 0.276 e. The summed E-state index contributed by atoms with van der Waals surface area (Å²) in [6.07, 6.45) is 5.41. The van der Waals surface area contributed by atoms with Gasteiger partial charge in [-0.2, -0.15) is 5.10 Å². The van der Waals surface area contributed by atoms with E-state index in [2.05, 4.69) is 117 Å². The minimum Gasteiger partial charge on any atom is -0.276 e. The van der Waals surface area contributed by atoms with Crippen molar-refractivity contribution in [3.05, 3.63) is 71.4 Å². The van der Waals surface area contributed by atoms with Crippen LogP contribution in [0.3, 0.4) is 0 Å². The van der Waals surface area contributed by atoms with E-state index in [-0.39, 0.29) is 0 Å². The van der Waals surface area contributed by atoms with Crippen molar-refractivity contribution in [3.63, 3.8) is 0 Å². The summed E-state index contributed by atoms with van der Waals surface area (Å²) in [4.78, 5) is 3.74. The normalized spacial score (nSPS) is 8.73. The Morgan fingerprint density at radius 3 is 1.05 bits per heavy atom. The number of hydrogen-bond donors (Lipinski definition) is 0. The maximum absolute atomic E-state index is 3.83. The van der Waals surface area contributed by atoms with Crippen molar-refractivity contribution in [3.8, 4) is 0 Å². The van der Waals surface area contributed by atoms with Crippen molar-refractivity contribution < 1.29 is 0 Å². The molecule has 3 nitrogen and oxygen atoms in total. The maximum Gasteiger partial charge on any atom is 0.0791 e. The van der Waals surface area contributed by atoms with Crippen molar-refractivity contribution in [2.45, 2.75) is 151 Å². The topological polar surface area (TPSA) is 30.7 Å². The van der Waals surface area contributed by atoms with Gasteiger partial charge in [-0.1, -0.05) is 176 Å². The van der Waals surface area contributed by atoms with Crippen molar-refractivity contribution in [1.29, 1.82) is 0 Å². The highest BCUT2D eigenvalue weighted by atomic mass is 32.1. The first-order valence-electron chi connectivity index (χ1n) is 15.8. The lowest BCUT2D eigenvalue weighted by molar-refractivity contribution is 0.469. The quantitative estimate of drug-likeness (QED) is 0.259. The Hall–Kier alpha value is -1.94. The SMILES string of the molecule is CC.CC.CC.CC.CC.CC(C)(C)C.CC(C)(C)C.CC(C)(C)c1ccccc1.Cn1cccn1.c1cscn1. The summed E-state index contributed by atoms with van der Waals surface area (Å²) in [6, 6.07) is 12.4. The summed E-state index contributed by atoms with van der Waals surface area (Å²) in [7, 11) is 1.89. The monoisotopic (exact) mass is 596 g/mol. The number of aryl methyl sites for hydroxylation is 1. The third-order valence-corrected chi connectivity index (χ3v) is 3.15. The van der Waals surface area contributed by atoms with E-state index >= 15 is 0 Å². The number of hydrogen-bond acceptors (Lipinski definition) is 3. The molecule has 0 unspecified atom stereocenters. The first-order valence-corrected chi connectivity index (χ1v) is 16.8. The number of nitrogens with zero attached hydrogens (tertiary/aromatic N) is 3. The Morgan fingerprint density at radius 2 is 0.927 bits per heavy atom. The predicted octanol–water partition coefficient (Wildman–Crippen LogP) is 13.8. The summed E-state index contributed by atoms with van der Waals surface area (Å²) in [5, 5.41) is 5.76. The molecular formula is C37H77N3S. The van der Waals surface area contributed by atoms with Crippen LogP contribution < -0.4 is 0 Å². The highest BCUT2D eigenvalue weighted by molar-refractivity contribution is 7.07. The molecule has 0 aliphatic rings. The van der Waals surface area contributed by atoms with Gasteiger partial charge in [-0.15, -0.1) is 11.3 Å². The van der Waals surface area contributed by atoms with Crippen molar-refractivity contribution in [1.82, 2.24) is 14.8 Å². The van der Waals surface area contributed by atoms with E-state index in [0.29, 0.717) is 16.2 Å². The van der Waals surface area contributed by atoms with Gasteiger partial charge in [0, 0.05) is 31.0 Å². The summed E-state index contributed by atoms with van der Waals surface area (Å²) < 4.78 is 1.75. The summed E-state index contributed by atoms with van der Waals surface area (Å²) in [6.45, 7) is 44.2. The van der Waals surface area contributed by atoms with Crippen LogP contribution in [0.4, 0.5) is 0 Å². The van der Waals surface area contributed by atoms with Gasteiger partial charge in [0.15, 0.2) is 0 Å². The van der Waals surface area contributed by atoms with E-state index in [1.165, 1.54) is 5.56 Å². The van der Waals surface area contributed by atoms with Gasteiger partial charge < -0.3 is 0 Å². The lowest BCUT2D eigenvalue weighted by Gasteiger charge is -2.18. The smallest absolute Gasteiger partial charge is 0.0791 e. The van der Waals surface area contributed by atoms with Crippen LogP contribution in [0.5, 0.6) is 0 Å². The van der Waals surface area contributed by atoms with Crippen LogP contribution in [0.2, 0.25) is 0 Å². The molecule has 0 atom stereocenters. The molecule has 4 heteroatoms. The van der Waals surface area contributed by atoms with E-state index in [9.17, 15) is 0 Å². The molecule has 0 spiro atoms. The fourth-order valence-corrected chi connectivity index (χ4v) is 1.81. The standard InChI is InChI=1S/C10H14.2C5H12.C4H6N2.C3H3NS.5C2H6/c1-10(2,3)9-7-5-4-6-8-9;2*1-5(2,3)4;1-6-4-2-3-5-6;1-2-5-3-4-1;5*1-2/h4-8H,1-3H3;2*1-4H3;2-4H,1H3;1-3H;5*1-2H3. The van der Waals surface area contributed by atoms with Crippen molar-refractivity contribution in [2.75, 3.05) is 0 Å². The lowest BCUT2D eigenvalue weighted by Crippen LogP contribution is -2.10. The fraction of sp³-hybridized carbons (Fsp3) is 0.676. The zero-order chi connectivity index (χ0) is 34.6. The van der Waals surface area contributed by atoms with Crippen molar-refractivity contribution >= 4 is 11.3 Å². The molecular weight excluding hydrogens is 518 g/mol. The molecule has 0 saturated carbocycles. The third-order valence-electron chi connectivity index (χ3n) is 2.62. The van der Waals surface area contributed by atoms with E-state index < -0.39 is 0 Å². The van der Waals surface area contributed by atoms with Crippen LogP contribution >= 0.6 is 11.3 Å². The Bertz CT molecular complexity index is 672. The molecule has 0 aliphatic heterocycles. The van der Waals surface area contributed by atoms with Crippen LogP contribution in [0, 0.1) is 10.8 Å².